The Labute approximate surface area is 180 Å². The minimum Gasteiger partial charge on any atom is -0.497 e. The van der Waals surface area contributed by atoms with Gasteiger partial charge in [-0.2, -0.15) is 0 Å². The minimum absolute atomic E-state index is 0.184. The van der Waals surface area contributed by atoms with Crippen LogP contribution in [0.2, 0.25) is 5.02 Å². The molecule has 1 fully saturated rings. The van der Waals surface area contributed by atoms with Crippen molar-refractivity contribution in [3.63, 3.8) is 0 Å². The predicted octanol–water partition coefficient (Wildman–Crippen LogP) is 3.57. The van der Waals surface area contributed by atoms with Crippen molar-refractivity contribution in [2.75, 3.05) is 30.4 Å². The van der Waals surface area contributed by atoms with Crippen LogP contribution in [-0.2, 0) is 9.59 Å². The van der Waals surface area contributed by atoms with Crippen molar-refractivity contribution in [3.8, 4) is 5.75 Å². The van der Waals surface area contributed by atoms with Crippen LogP contribution in [0.15, 0.2) is 42.5 Å². The van der Waals surface area contributed by atoms with Gasteiger partial charge >= 0.3 is 0 Å². The summed E-state index contributed by atoms with van der Waals surface area (Å²) in [7, 11) is 1.57. The van der Waals surface area contributed by atoms with Crippen LogP contribution in [0.4, 0.5) is 11.4 Å². The van der Waals surface area contributed by atoms with Crippen LogP contribution in [0.5, 0.6) is 5.75 Å². The molecule has 0 radical (unpaired) electrons. The van der Waals surface area contributed by atoms with E-state index >= 15 is 0 Å². The fourth-order valence-electron chi connectivity index (χ4n) is 3.38. The van der Waals surface area contributed by atoms with E-state index in [9.17, 15) is 14.4 Å². The molecule has 8 heteroatoms. The van der Waals surface area contributed by atoms with Crippen LogP contribution in [0.3, 0.4) is 0 Å². The summed E-state index contributed by atoms with van der Waals surface area (Å²) >= 11 is 6.05. The van der Waals surface area contributed by atoms with E-state index in [2.05, 4.69) is 5.32 Å². The second kappa shape index (κ2) is 9.17. The molecule has 1 aliphatic heterocycles. The molecule has 30 heavy (non-hydrogen) atoms. The molecule has 0 spiro atoms. The number of hydrogen-bond donors (Lipinski definition) is 1. The molecule has 158 valence electrons. The van der Waals surface area contributed by atoms with Crippen LogP contribution in [0, 0.1) is 0 Å². The maximum absolute atomic E-state index is 13.2. The van der Waals surface area contributed by atoms with Gasteiger partial charge < -0.3 is 19.9 Å². The lowest BCUT2D eigenvalue weighted by Crippen LogP contribution is -2.57. The lowest BCUT2D eigenvalue weighted by molar-refractivity contribution is -0.124. The molecular formula is C22H24ClN3O4. The summed E-state index contributed by atoms with van der Waals surface area (Å²) in [6.07, 6.45) is 0.272. The molecule has 1 N–H and O–H groups in total. The van der Waals surface area contributed by atoms with Crippen molar-refractivity contribution in [3.05, 3.63) is 53.1 Å². The number of hydrogen-bond acceptors (Lipinski definition) is 4. The van der Waals surface area contributed by atoms with Crippen molar-refractivity contribution in [1.29, 1.82) is 0 Å². The molecule has 0 bridgehead atoms. The number of amides is 3. The minimum atomic E-state index is -0.664. The van der Waals surface area contributed by atoms with Gasteiger partial charge in [0.25, 0.3) is 5.91 Å². The molecule has 1 heterocycles. The number of carbonyl (C=O) groups excluding carboxylic acids is 3. The van der Waals surface area contributed by atoms with Crippen LogP contribution >= 0.6 is 11.6 Å². The van der Waals surface area contributed by atoms with Crippen molar-refractivity contribution < 1.29 is 19.1 Å². The van der Waals surface area contributed by atoms with Gasteiger partial charge in [0.2, 0.25) is 11.8 Å². The summed E-state index contributed by atoms with van der Waals surface area (Å²) in [5.74, 6) is -0.0811. The number of piperazine rings is 1. The second-order valence-electron chi connectivity index (χ2n) is 6.96. The third kappa shape index (κ3) is 4.41. The molecule has 3 amide bonds. The van der Waals surface area contributed by atoms with Crippen molar-refractivity contribution >= 4 is 40.7 Å². The van der Waals surface area contributed by atoms with Gasteiger partial charge in [-0.3, -0.25) is 14.4 Å². The summed E-state index contributed by atoms with van der Waals surface area (Å²) in [4.78, 5) is 41.3. The smallest absolute Gasteiger partial charge is 0.256 e. The van der Waals surface area contributed by atoms with Gasteiger partial charge in [0.1, 0.15) is 11.8 Å². The topological polar surface area (TPSA) is 79.0 Å². The summed E-state index contributed by atoms with van der Waals surface area (Å²) in [5.41, 5.74) is 1.37. The van der Waals surface area contributed by atoms with E-state index < -0.39 is 6.04 Å². The second-order valence-corrected chi connectivity index (χ2v) is 7.39. The van der Waals surface area contributed by atoms with E-state index in [1.165, 1.54) is 4.90 Å². The number of methoxy groups -OCH3 is 1. The Hall–Kier alpha value is -3.06. The highest BCUT2D eigenvalue weighted by atomic mass is 35.5. The number of anilines is 2. The molecule has 2 aromatic rings. The van der Waals surface area contributed by atoms with E-state index in [1.54, 1.807) is 50.1 Å². The molecule has 1 saturated heterocycles. The molecular weight excluding hydrogens is 406 g/mol. The van der Waals surface area contributed by atoms with Crippen molar-refractivity contribution in [1.82, 2.24) is 4.90 Å². The van der Waals surface area contributed by atoms with Gasteiger partial charge in [0.15, 0.2) is 0 Å². The maximum atomic E-state index is 13.2. The third-order valence-corrected chi connectivity index (χ3v) is 5.32. The Kier molecular flexibility index (Phi) is 6.62. The zero-order valence-electron chi connectivity index (χ0n) is 17.1. The fourth-order valence-corrected chi connectivity index (χ4v) is 3.55. The van der Waals surface area contributed by atoms with Crippen molar-refractivity contribution in [2.24, 2.45) is 0 Å². The number of halogens is 1. The molecule has 7 nitrogen and oxygen atoms in total. The predicted molar refractivity (Wildman–Crippen MR) is 116 cm³/mol. The van der Waals surface area contributed by atoms with Gasteiger partial charge in [0.05, 0.1) is 18.4 Å². The number of nitrogens with zero attached hydrogens (tertiary/aromatic N) is 2. The quantitative estimate of drug-likeness (QED) is 0.788. The zero-order valence-corrected chi connectivity index (χ0v) is 17.9. The van der Waals surface area contributed by atoms with Crippen LogP contribution in [0.25, 0.3) is 0 Å². The lowest BCUT2D eigenvalue weighted by Gasteiger charge is -2.39. The maximum Gasteiger partial charge on any atom is 0.256 e. The molecule has 0 aromatic heterocycles. The van der Waals surface area contributed by atoms with Gasteiger partial charge in [-0.25, -0.2) is 0 Å². The Bertz CT molecular complexity index is 979. The largest absolute Gasteiger partial charge is 0.497 e. The number of benzene rings is 2. The van der Waals surface area contributed by atoms with Crippen LogP contribution in [-0.4, -0.2) is 48.9 Å². The van der Waals surface area contributed by atoms with E-state index in [1.807, 2.05) is 18.2 Å². The first kappa shape index (κ1) is 21.6. The zero-order chi connectivity index (χ0) is 21.8. The molecule has 2 aromatic carbocycles. The molecule has 3 rings (SSSR count). The first-order valence-corrected chi connectivity index (χ1v) is 10.1. The molecule has 0 saturated carbocycles. The molecule has 1 unspecified atom stereocenters. The highest BCUT2D eigenvalue weighted by Crippen LogP contribution is 2.28. The van der Waals surface area contributed by atoms with Crippen molar-refractivity contribution in [2.45, 2.75) is 26.3 Å². The molecule has 0 aliphatic carbocycles. The average molecular weight is 430 g/mol. The summed E-state index contributed by atoms with van der Waals surface area (Å²) in [5, 5.41) is 3.12. The number of ether oxygens (including phenoxy) is 1. The first-order valence-electron chi connectivity index (χ1n) is 9.71. The Morgan fingerprint density at radius 1 is 1.20 bits per heavy atom. The Morgan fingerprint density at radius 2 is 1.97 bits per heavy atom. The lowest BCUT2D eigenvalue weighted by atomic mass is 10.1. The normalized spacial score (nSPS) is 16.4. The summed E-state index contributed by atoms with van der Waals surface area (Å²) in [6.45, 7) is 4.13. The standard InChI is InChI=1S/C22H24ClN3O4/c1-4-20(27)24-19-12-15(23)8-9-18(19)22(29)25-10-11-26(21(28)14(25)2)16-6-5-7-17(13-16)30-3/h5-9,12-14H,4,10-11H2,1-3H3,(H,24,27). The molecule has 1 atom stereocenters. The van der Waals surface area contributed by atoms with Gasteiger partial charge in [-0.1, -0.05) is 24.6 Å². The van der Waals surface area contributed by atoms with Crippen LogP contribution in [0.1, 0.15) is 30.6 Å². The fraction of sp³-hybridized carbons (Fsp3) is 0.318. The highest BCUT2D eigenvalue weighted by Gasteiger charge is 2.36. The van der Waals surface area contributed by atoms with Crippen LogP contribution < -0.4 is 15.0 Å². The van der Waals surface area contributed by atoms with E-state index in [0.717, 1.165) is 5.69 Å². The molecule has 1 aliphatic rings. The monoisotopic (exact) mass is 429 g/mol. The Balaban J connectivity index is 1.84. The summed E-state index contributed by atoms with van der Waals surface area (Å²) in [6, 6.07) is 11.3. The Morgan fingerprint density at radius 3 is 2.67 bits per heavy atom. The van der Waals surface area contributed by atoms with Gasteiger partial charge in [0, 0.05) is 36.3 Å². The summed E-state index contributed by atoms with van der Waals surface area (Å²) < 4.78 is 5.24. The van der Waals surface area contributed by atoms with E-state index in [4.69, 9.17) is 16.3 Å². The number of nitrogens with one attached hydrogen (secondary N) is 1. The average Bonchev–Trinajstić information content (AvgIpc) is 2.75. The number of rotatable bonds is 5. The van der Waals surface area contributed by atoms with E-state index in [-0.39, 0.29) is 24.1 Å². The highest BCUT2D eigenvalue weighted by molar-refractivity contribution is 6.31. The first-order chi connectivity index (χ1) is 14.3. The SMILES string of the molecule is CCC(=O)Nc1cc(Cl)ccc1C(=O)N1CCN(c2cccc(OC)c2)C(=O)C1C. The van der Waals surface area contributed by atoms with Gasteiger partial charge in [-0.05, 0) is 37.3 Å². The van der Waals surface area contributed by atoms with E-state index in [0.29, 0.717) is 35.1 Å². The third-order valence-electron chi connectivity index (χ3n) is 5.09. The number of carbonyl (C=O) groups is 3. The van der Waals surface area contributed by atoms with Gasteiger partial charge in [-0.15, -0.1) is 0 Å².